The molecule has 0 fully saturated rings. The fourth-order valence-electron chi connectivity index (χ4n) is 10.3. The van der Waals surface area contributed by atoms with Crippen LogP contribution in [0.1, 0.15) is 117 Å². The van der Waals surface area contributed by atoms with E-state index in [-0.39, 0.29) is 23.1 Å². The van der Waals surface area contributed by atoms with Crippen LogP contribution in [0.4, 0.5) is 0 Å². The van der Waals surface area contributed by atoms with Crippen molar-refractivity contribution in [2.24, 2.45) is 0 Å². The van der Waals surface area contributed by atoms with Gasteiger partial charge in [-0.05, 0) is 87.4 Å². The van der Waals surface area contributed by atoms with Gasteiger partial charge in [-0.3, -0.25) is 0 Å². The first-order valence-electron chi connectivity index (χ1n) is 23.0. The molecule has 0 spiro atoms. The van der Waals surface area contributed by atoms with Gasteiger partial charge in [0.05, 0.1) is 27.7 Å². The fourth-order valence-corrected chi connectivity index (χ4v) is 20.7. The summed E-state index contributed by atoms with van der Waals surface area (Å²) in [4.78, 5) is 18.4. The number of benzene rings is 2. The van der Waals surface area contributed by atoms with Crippen LogP contribution >= 0.6 is 0 Å². The van der Waals surface area contributed by atoms with E-state index in [9.17, 15) is 0 Å². The fraction of sp³-hybridized carbons (Fsp3) is 0.310. The predicted octanol–water partition coefficient (Wildman–Crippen LogP) is 9.53. The van der Waals surface area contributed by atoms with E-state index in [2.05, 4.69) is 188 Å². The Morgan fingerprint density at radius 2 is 0.769 bits per heavy atom. The Morgan fingerprint density at radius 1 is 0.369 bits per heavy atom. The molecule has 4 nitrogen and oxygen atoms in total. The van der Waals surface area contributed by atoms with Crippen molar-refractivity contribution in [1.29, 1.82) is 0 Å². The quantitative estimate of drug-likeness (QED) is 0.129. The van der Waals surface area contributed by atoms with E-state index in [0.29, 0.717) is 33.2 Å². The molecule has 4 aromatic heterocycles. The van der Waals surface area contributed by atoms with E-state index in [1.54, 1.807) is 0 Å². The van der Waals surface area contributed by atoms with Gasteiger partial charge < -0.3 is 19.9 Å². The van der Waals surface area contributed by atoms with Gasteiger partial charge in [0.25, 0.3) is 0 Å². The molecule has 5 heterocycles. The van der Waals surface area contributed by atoms with E-state index in [0.717, 1.165) is 77.6 Å². The molecule has 8 bridgehead atoms. The molecular weight excluding hydrogens is 833 g/mol. The average Bonchev–Trinajstić information content (AvgIpc) is 4.11. The van der Waals surface area contributed by atoms with Crippen molar-refractivity contribution in [3.63, 3.8) is 0 Å². The van der Waals surface area contributed by atoms with Gasteiger partial charge >= 0.3 is 23.1 Å². The molecule has 2 N–H and O–H groups in total. The van der Waals surface area contributed by atoms with Crippen molar-refractivity contribution in [1.82, 2.24) is 19.9 Å². The van der Waals surface area contributed by atoms with E-state index in [1.165, 1.54) is 0 Å². The third kappa shape index (κ3) is 10.0. The molecule has 1 aliphatic heterocycles. The predicted molar refractivity (Wildman–Crippen MR) is 280 cm³/mol. The maximum atomic E-state index is 5.38. The molecular formula is C58H62MgN4Si2. The van der Waals surface area contributed by atoms with Gasteiger partial charge in [-0.25, -0.2) is 0 Å². The molecule has 0 radical (unpaired) electrons. The summed E-state index contributed by atoms with van der Waals surface area (Å²) in [5.41, 5.74) is 19.4. The van der Waals surface area contributed by atoms with Crippen molar-refractivity contribution < 1.29 is 0 Å². The normalized spacial score (nSPS) is 12.7. The SMILES string of the molecule is CC(C)[Si](C#CC1=c2ccc([n-]2)=C(C#Cc2ccccc2)c2ccc([nH]2)C(C#C[Si](C(C)C)(C(C)C)C(C)C)=c2ccc([nH]2)=C(C#Cc2ccccc2)c2ccc1[n-]2)(C(C)C)C(C)C.[Mg+2]. The molecule has 0 amide bonds. The Hall–Kier alpha value is -5.52. The first-order chi connectivity index (χ1) is 30.6. The van der Waals surface area contributed by atoms with Crippen LogP contribution in [0.15, 0.2) is 109 Å². The first kappa shape index (κ1) is 48.9. The van der Waals surface area contributed by atoms with Gasteiger partial charge in [-0.2, -0.15) is 0 Å². The molecule has 0 saturated heterocycles. The second-order valence-corrected chi connectivity index (χ2v) is 30.2. The number of aromatic nitrogens is 4. The molecule has 2 aromatic carbocycles. The minimum Gasteiger partial charge on any atom is -0.656 e. The molecule has 7 heteroatoms. The third-order valence-electron chi connectivity index (χ3n) is 13.5. The minimum absolute atomic E-state index is 0. The van der Waals surface area contributed by atoms with Crippen LogP contribution in [0, 0.1) is 46.6 Å². The molecule has 1 aliphatic rings. The second kappa shape index (κ2) is 20.8. The Bertz CT molecular complexity index is 2900. The van der Waals surface area contributed by atoms with Gasteiger partial charge in [0.2, 0.25) is 0 Å². The molecule has 0 unspecified atom stereocenters. The number of nitrogens with one attached hydrogen (secondary N) is 2. The van der Waals surface area contributed by atoms with Crippen molar-refractivity contribution in [2.45, 2.75) is 116 Å². The maximum Gasteiger partial charge on any atom is 2.00 e. The van der Waals surface area contributed by atoms with Crippen molar-refractivity contribution >= 4 is 61.5 Å². The minimum atomic E-state index is -2.13. The van der Waals surface area contributed by atoms with Crippen LogP contribution in [0.5, 0.6) is 0 Å². The topological polar surface area (TPSA) is 59.8 Å². The zero-order chi connectivity index (χ0) is 45.8. The Balaban J connectivity index is 0.00000700. The van der Waals surface area contributed by atoms with Crippen LogP contribution < -0.4 is 31.4 Å². The molecule has 0 saturated carbocycles. The van der Waals surface area contributed by atoms with Crippen LogP contribution in [0.25, 0.3) is 22.3 Å². The van der Waals surface area contributed by atoms with E-state index >= 15 is 0 Å². The average molecular weight is 896 g/mol. The summed E-state index contributed by atoms with van der Waals surface area (Å²) >= 11 is 0. The van der Waals surface area contributed by atoms with Crippen molar-refractivity contribution in [3.05, 3.63) is 164 Å². The van der Waals surface area contributed by atoms with Gasteiger partial charge in [0.15, 0.2) is 0 Å². The van der Waals surface area contributed by atoms with Gasteiger partial charge in [-0.1, -0.05) is 179 Å². The number of hydrogen-bond acceptors (Lipinski definition) is 0. The number of hydrogen-bond donors (Lipinski definition) is 2. The second-order valence-electron chi connectivity index (χ2n) is 19.0. The van der Waals surface area contributed by atoms with Gasteiger partial charge in [-0.15, -0.1) is 33.2 Å². The number of fused-ring (bicyclic) bond motifs is 8. The Kier molecular flexibility index (Phi) is 15.6. The van der Waals surface area contributed by atoms with Crippen LogP contribution in [-0.2, 0) is 0 Å². The summed E-state index contributed by atoms with van der Waals surface area (Å²) in [6, 6.07) is 37.1. The van der Waals surface area contributed by atoms with Crippen LogP contribution in [-0.4, -0.2) is 49.2 Å². The maximum absolute atomic E-state index is 5.38. The zero-order valence-electron chi connectivity index (χ0n) is 40.5. The number of aromatic amines is 2. The zero-order valence-corrected chi connectivity index (χ0v) is 43.9. The third-order valence-corrected chi connectivity index (χ3v) is 26.1. The van der Waals surface area contributed by atoms with E-state index in [4.69, 9.17) is 9.97 Å². The standard InChI is InChI=1S/C58H62N4Si2.Mg/c1-39(2)63(40(3)4,41(5)6)37-35-49-55-31-27-51(59-55)47(25-23-45-19-15-13-16-20-45)53-29-33-57(61-53)50(36-38-64(42(7)8,43(9)10)44(11)12)58-34-30-54(62-58)48(52-28-32-56(49)60-52)26-24-46-21-17-14-18-22-46;/h13-22,27-34,39-44,59-60H,1-12H3;/q-2;+2. The summed E-state index contributed by atoms with van der Waals surface area (Å²) < 4.78 is 0. The Morgan fingerprint density at radius 3 is 1.25 bits per heavy atom. The summed E-state index contributed by atoms with van der Waals surface area (Å²) in [5, 5.41) is 3.33. The van der Waals surface area contributed by atoms with Crippen LogP contribution in [0.3, 0.4) is 0 Å². The molecule has 65 heavy (non-hydrogen) atoms. The molecule has 7 rings (SSSR count). The smallest absolute Gasteiger partial charge is 0.656 e. The van der Waals surface area contributed by atoms with Crippen LogP contribution in [0.2, 0.25) is 33.2 Å². The molecule has 324 valence electrons. The summed E-state index contributed by atoms with van der Waals surface area (Å²) in [5.74, 6) is 21.6. The first-order valence-corrected chi connectivity index (χ1v) is 27.5. The molecule has 6 aromatic rings. The van der Waals surface area contributed by atoms with E-state index < -0.39 is 16.1 Å². The van der Waals surface area contributed by atoms with Crippen molar-refractivity contribution in [2.75, 3.05) is 0 Å². The van der Waals surface area contributed by atoms with Gasteiger partial charge in [0.1, 0.15) is 16.1 Å². The summed E-state index contributed by atoms with van der Waals surface area (Å²) in [7, 11) is -4.25. The molecule has 0 aliphatic carbocycles. The van der Waals surface area contributed by atoms with E-state index in [1.807, 2.05) is 60.7 Å². The summed E-state index contributed by atoms with van der Waals surface area (Å²) in [6.45, 7) is 28.2. The largest absolute Gasteiger partial charge is 2.00 e. The Labute approximate surface area is 406 Å². The summed E-state index contributed by atoms with van der Waals surface area (Å²) in [6.07, 6.45) is 0. The van der Waals surface area contributed by atoms with Gasteiger partial charge in [0, 0.05) is 22.3 Å². The van der Waals surface area contributed by atoms with Crippen molar-refractivity contribution in [3.8, 4) is 46.6 Å². The molecule has 0 atom stereocenters. The number of rotatable bonds is 6. The number of nitrogens with zero attached hydrogens (tertiary/aromatic N) is 2. The number of H-pyrrole nitrogens is 2. The monoisotopic (exact) mass is 894 g/mol.